The molecule has 0 radical (unpaired) electrons. The number of carbonyl (C=O) groups is 1. The molecule has 0 saturated heterocycles. The molecule has 1 rings (SSSR count). The summed E-state index contributed by atoms with van der Waals surface area (Å²) >= 11 is 0. The number of nitrogens with two attached hydrogens (primary N) is 1. The van der Waals surface area contributed by atoms with E-state index in [1.165, 1.54) is 0 Å². The first kappa shape index (κ1) is 5.76. The molecule has 1 saturated carbocycles. The van der Waals surface area contributed by atoms with Crippen molar-refractivity contribution in [2.24, 2.45) is 11.7 Å². The van der Waals surface area contributed by atoms with Crippen molar-refractivity contribution in [3.8, 4) is 0 Å². The highest BCUT2D eigenvalue weighted by molar-refractivity contribution is 5.81. The molecule has 1 aliphatic carbocycles. The van der Waals surface area contributed by atoms with Crippen LogP contribution < -0.4 is 5.73 Å². The topological polar surface area (TPSA) is 43.1 Å². The first-order valence-corrected chi connectivity index (χ1v) is 2.98. The summed E-state index contributed by atoms with van der Waals surface area (Å²) in [5.74, 6) is 0.653. The van der Waals surface area contributed by atoms with Gasteiger partial charge in [0.1, 0.15) is 5.78 Å². The van der Waals surface area contributed by atoms with Crippen LogP contribution in [0, 0.1) is 5.92 Å². The van der Waals surface area contributed by atoms with Crippen LogP contribution in [0.4, 0.5) is 0 Å². The van der Waals surface area contributed by atoms with Gasteiger partial charge in [-0.25, -0.2) is 0 Å². The SMILES string of the molecule is CC(=O)[C@@H](N)C1CC1. The van der Waals surface area contributed by atoms with Crippen molar-refractivity contribution in [1.29, 1.82) is 0 Å². The second-order valence-corrected chi connectivity index (χ2v) is 2.47. The molecular formula is C6H11NO. The zero-order valence-corrected chi connectivity index (χ0v) is 5.05. The van der Waals surface area contributed by atoms with E-state index in [-0.39, 0.29) is 11.8 Å². The molecule has 0 heterocycles. The van der Waals surface area contributed by atoms with Crippen LogP contribution in [0.1, 0.15) is 19.8 Å². The van der Waals surface area contributed by atoms with Crippen molar-refractivity contribution in [1.82, 2.24) is 0 Å². The van der Waals surface area contributed by atoms with E-state index in [4.69, 9.17) is 5.73 Å². The molecule has 1 fully saturated rings. The molecule has 2 N–H and O–H groups in total. The summed E-state index contributed by atoms with van der Waals surface area (Å²) in [7, 11) is 0. The van der Waals surface area contributed by atoms with Crippen molar-refractivity contribution in [3.05, 3.63) is 0 Å². The van der Waals surface area contributed by atoms with Gasteiger partial charge in [0.25, 0.3) is 0 Å². The Morgan fingerprint density at radius 2 is 2.25 bits per heavy atom. The van der Waals surface area contributed by atoms with Crippen LogP contribution in [0.2, 0.25) is 0 Å². The molecule has 46 valence electrons. The van der Waals surface area contributed by atoms with Gasteiger partial charge in [-0.05, 0) is 25.7 Å². The standard InChI is InChI=1S/C6H11NO/c1-4(8)6(7)5-2-3-5/h5-6H,2-3,7H2,1H3/t6-/m1/s1. The molecule has 8 heavy (non-hydrogen) atoms. The van der Waals surface area contributed by atoms with Crippen molar-refractivity contribution in [3.63, 3.8) is 0 Å². The highest BCUT2D eigenvalue weighted by Crippen LogP contribution is 2.31. The molecular weight excluding hydrogens is 102 g/mol. The summed E-state index contributed by atoms with van der Waals surface area (Å²) in [5, 5.41) is 0. The molecule has 1 atom stereocenters. The highest BCUT2D eigenvalue weighted by atomic mass is 16.1. The molecule has 0 amide bonds. The minimum Gasteiger partial charge on any atom is -0.321 e. The van der Waals surface area contributed by atoms with Crippen LogP contribution >= 0.6 is 0 Å². The van der Waals surface area contributed by atoms with Gasteiger partial charge < -0.3 is 5.73 Å². The average Bonchev–Trinajstić information content (AvgIpc) is 2.43. The third kappa shape index (κ3) is 1.07. The van der Waals surface area contributed by atoms with Gasteiger partial charge >= 0.3 is 0 Å². The van der Waals surface area contributed by atoms with E-state index in [2.05, 4.69) is 0 Å². The maximum Gasteiger partial charge on any atom is 0.146 e. The Kier molecular flexibility index (Phi) is 1.34. The van der Waals surface area contributed by atoms with Crippen molar-refractivity contribution < 1.29 is 4.79 Å². The normalized spacial score (nSPS) is 22.8. The molecule has 0 aromatic rings. The molecule has 0 spiro atoms. The van der Waals surface area contributed by atoms with Gasteiger partial charge in [0.15, 0.2) is 0 Å². The van der Waals surface area contributed by atoms with Crippen LogP contribution in [0.5, 0.6) is 0 Å². The molecule has 2 heteroatoms. The quantitative estimate of drug-likeness (QED) is 0.560. The summed E-state index contributed by atoms with van der Waals surface area (Å²) in [4.78, 5) is 10.5. The fourth-order valence-electron chi connectivity index (χ4n) is 0.787. The second-order valence-electron chi connectivity index (χ2n) is 2.47. The molecule has 2 nitrogen and oxygen atoms in total. The summed E-state index contributed by atoms with van der Waals surface area (Å²) < 4.78 is 0. The molecule has 0 aromatic carbocycles. The van der Waals surface area contributed by atoms with Gasteiger partial charge in [0.2, 0.25) is 0 Å². The number of carbonyl (C=O) groups excluding carboxylic acids is 1. The van der Waals surface area contributed by atoms with Crippen molar-refractivity contribution >= 4 is 5.78 Å². The zero-order valence-electron chi connectivity index (χ0n) is 5.05. The van der Waals surface area contributed by atoms with Gasteiger partial charge in [0, 0.05) is 0 Å². The van der Waals surface area contributed by atoms with Crippen LogP contribution in [0.25, 0.3) is 0 Å². The molecule has 0 aromatic heterocycles. The minimum atomic E-state index is -0.157. The summed E-state index contributed by atoms with van der Waals surface area (Å²) in [6.45, 7) is 1.56. The van der Waals surface area contributed by atoms with Gasteiger partial charge in [-0.2, -0.15) is 0 Å². The first-order chi connectivity index (χ1) is 3.72. The Morgan fingerprint density at radius 1 is 1.75 bits per heavy atom. The Bertz CT molecular complexity index is 107. The predicted octanol–water partition coefficient (Wildman–Crippen LogP) is 0.313. The Labute approximate surface area is 49.1 Å². The molecule has 0 aliphatic heterocycles. The lowest BCUT2D eigenvalue weighted by Gasteiger charge is -2.01. The number of hydrogen-bond donors (Lipinski definition) is 1. The van der Waals surface area contributed by atoms with Crippen LogP contribution in [-0.2, 0) is 4.79 Å². The number of Topliss-reactive ketones (excluding diaryl/α,β-unsaturated/α-hetero) is 1. The third-order valence-electron chi connectivity index (χ3n) is 1.60. The number of rotatable bonds is 2. The van der Waals surface area contributed by atoms with E-state index in [1.54, 1.807) is 6.92 Å². The zero-order chi connectivity index (χ0) is 6.15. The van der Waals surface area contributed by atoms with E-state index in [9.17, 15) is 4.79 Å². The molecule has 0 bridgehead atoms. The Balaban J connectivity index is 2.32. The number of ketones is 1. The number of hydrogen-bond acceptors (Lipinski definition) is 2. The highest BCUT2D eigenvalue weighted by Gasteiger charge is 2.30. The van der Waals surface area contributed by atoms with E-state index in [1.807, 2.05) is 0 Å². The van der Waals surface area contributed by atoms with E-state index >= 15 is 0 Å². The summed E-state index contributed by atoms with van der Waals surface area (Å²) in [5.41, 5.74) is 5.47. The largest absolute Gasteiger partial charge is 0.321 e. The lowest BCUT2D eigenvalue weighted by atomic mass is 10.1. The maximum atomic E-state index is 10.5. The van der Waals surface area contributed by atoms with E-state index < -0.39 is 0 Å². The van der Waals surface area contributed by atoms with Crippen LogP contribution in [-0.4, -0.2) is 11.8 Å². The smallest absolute Gasteiger partial charge is 0.146 e. The van der Waals surface area contributed by atoms with Crippen LogP contribution in [0.3, 0.4) is 0 Å². The molecule has 1 aliphatic rings. The first-order valence-electron chi connectivity index (χ1n) is 2.98. The van der Waals surface area contributed by atoms with Crippen molar-refractivity contribution in [2.45, 2.75) is 25.8 Å². The fraction of sp³-hybridized carbons (Fsp3) is 0.833. The van der Waals surface area contributed by atoms with Gasteiger partial charge in [-0.3, -0.25) is 4.79 Å². The lowest BCUT2D eigenvalue weighted by molar-refractivity contribution is -0.118. The Hall–Kier alpha value is -0.370. The lowest BCUT2D eigenvalue weighted by Crippen LogP contribution is -2.30. The third-order valence-corrected chi connectivity index (χ3v) is 1.60. The van der Waals surface area contributed by atoms with Crippen LogP contribution in [0.15, 0.2) is 0 Å². The van der Waals surface area contributed by atoms with Gasteiger partial charge in [0.05, 0.1) is 6.04 Å². The van der Waals surface area contributed by atoms with E-state index in [0.717, 1.165) is 12.8 Å². The molecule has 0 unspecified atom stereocenters. The predicted molar refractivity (Wildman–Crippen MR) is 31.4 cm³/mol. The Morgan fingerprint density at radius 3 is 2.38 bits per heavy atom. The minimum absolute atomic E-state index is 0.132. The monoisotopic (exact) mass is 113 g/mol. The maximum absolute atomic E-state index is 10.5. The van der Waals surface area contributed by atoms with E-state index in [0.29, 0.717) is 5.92 Å². The average molecular weight is 113 g/mol. The fourth-order valence-corrected chi connectivity index (χ4v) is 0.787. The van der Waals surface area contributed by atoms with Gasteiger partial charge in [-0.15, -0.1) is 0 Å². The summed E-state index contributed by atoms with van der Waals surface area (Å²) in [6.07, 6.45) is 2.31. The van der Waals surface area contributed by atoms with Gasteiger partial charge in [-0.1, -0.05) is 0 Å². The second kappa shape index (κ2) is 1.86. The van der Waals surface area contributed by atoms with Crippen molar-refractivity contribution in [2.75, 3.05) is 0 Å². The summed E-state index contributed by atoms with van der Waals surface area (Å²) in [6, 6.07) is -0.157.